The van der Waals surface area contributed by atoms with Crippen LogP contribution >= 0.6 is 12.2 Å². The molecule has 154 valence electrons. The zero-order valence-electron chi connectivity index (χ0n) is 17.2. The van der Waals surface area contributed by atoms with E-state index in [9.17, 15) is 0 Å². The molecule has 0 spiro atoms. The lowest BCUT2D eigenvalue weighted by Gasteiger charge is -2.16. The number of hydrogen-bond acceptors (Lipinski definition) is 4. The van der Waals surface area contributed by atoms with E-state index in [4.69, 9.17) is 21.7 Å². The highest BCUT2D eigenvalue weighted by Crippen LogP contribution is 2.23. The summed E-state index contributed by atoms with van der Waals surface area (Å²) in [7, 11) is 3.35. The number of ether oxygens (including phenoxy) is 2. The van der Waals surface area contributed by atoms with E-state index in [2.05, 4.69) is 21.9 Å². The zero-order chi connectivity index (χ0) is 20.6. The smallest absolute Gasteiger partial charge is 0.191 e. The van der Waals surface area contributed by atoms with Crippen molar-refractivity contribution in [1.29, 1.82) is 0 Å². The average molecular weight is 414 g/mol. The van der Waals surface area contributed by atoms with Crippen molar-refractivity contribution >= 4 is 28.7 Å². The minimum Gasteiger partial charge on any atom is -0.496 e. The van der Waals surface area contributed by atoms with Crippen LogP contribution in [0, 0.1) is 0 Å². The molecule has 1 heterocycles. The third-order valence-corrected chi connectivity index (χ3v) is 5.32. The van der Waals surface area contributed by atoms with E-state index in [-0.39, 0.29) is 0 Å². The first-order chi connectivity index (χ1) is 14.1. The zero-order valence-corrected chi connectivity index (χ0v) is 18.1. The number of thiocarbonyl (C=S) groups is 1. The van der Waals surface area contributed by atoms with Crippen LogP contribution in [0.1, 0.15) is 30.9 Å². The van der Waals surface area contributed by atoms with Crippen molar-refractivity contribution in [2.45, 2.75) is 26.3 Å². The Labute approximate surface area is 177 Å². The Bertz CT molecular complexity index is 879. The number of likely N-dealkylation sites (tertiary alicyclic amines) is 1. The standard InChI is InChI=1S/C22H28N4O2S/c1-16(24-25-22(29)23-19-8-4-5-9-21(19)28-3)17-10-11-20(27-2)18(14-17)15-26-12-6-7-13-26/h4-5,8-11,14H,6-7,12-13,15H2,1-3H3,(H2,23,25,29)/p+1/b24-16-. The topological polar surface area (TPSA) is 59.3 Å². The van der Waals surface area contributed by atoms with Gasteiger partial charge in [0, 0.05) is 18.4 Å². The summed E-state index contributed by atoms with van der Waals surface area (Å²) < 4.78 is 10.9. The molecule has 1 aliphatic rings. The Hall–Kier alpha value is -2.64. The van der Waals surface area contributed by atoms with Crippen LogP contribution in [-0.4, -0.2) is 38.1 Å². The first kappa shape index (κ1) is 21.1. The van der Waals surface area contributed by atoms with Gasteiger partial charge in [-0.25, -0.2) is 0 Å². The fraction of sp³-hybridized carbons (Fsp3) is 0.364. The lowest BCUT2D eigenvalue weighted by molar-refractivity contribution is -0.901. The Kier molecular flexibility index (Phi) is 7.43. The van der Waals surface area contributed by atoms with Crippen LogP contribution in [0.5, 0.6) is 11.5 Å². The third kappa shape index (κ3) is 5.68. The van der Waals surface area contributed by atoms with Crippen LogP contribution in [0.2, 0.25) is 0 Å². The maximum atomic E-state index is 5.57. The molecule has 0 bridgehead atoms. The van der Waals surface area contributed by atoms with Crippen LogP contribution in [0.15, 0.2) is 47.6 Å². The molecule has 0 aromatic heterocycles. The minimum atomic E-state index is 0.407. The molecule has 29 heavy (non-hydrogen) atoms. The molecule has 1 aliphatic heterocycles. The Morgan fingerprint density at radius 3 is 2.52 bits per heavy atom. The van der Waals surface area contributed by atoms with Gasteiger partial charge in [0.2, 0.25) is 0 Å². The maximum Gasteiger partial charge on any atom is 0.191 e. The highest BCUT2D eigenvalue weighted by Gasteiger charge is 2.18. The average Bonchev–Trinajstić information content (AvgIpc) is 3.25. The Morgan fingerprint density at radius 2 is 1.79 bits per heavy atom. The molecule has 2 aromatic carbocycles. The number of para-hydroxylation sites is 2. The summed E-state index contributed by atoms with van der Waals surface area (Å²) >= 11 is 5.36. The number of hydrazone groups is 1. The molecule has 3 rings (SSSR count). The summed E-state index contributed by atoms with van der Waals surface area (Å²) in [6.45, 7) is 5.40. The van der Waals surface area contributed by atoms with Crippen molar-refractivity contribution in [1.82, 2.24) is 5.43 Å². The molecular weight excluding hydrogens is 384 g/mol. The van der Waals surface area contributed by atoms with Crippen molar-refractivity contribution in [2.75, 3.05) is 32.6 Å². The van der Waals surface area contributed by atoms with Gasteiger partial charge < -0.3 is 19.7 Å². The molecule has 6 nitrogen and oxygen atoms in total. The molecule has 0 unspecified atom stereocenters. The van der Waals surface area contributed by atoms with E-state index in [0.717, 1.165) is 35.0 Å². The first-order valence-electron chi connectivity index (χ1n) is 9.86. The number of methoxy groups -OCH3 is 2. The second kappa shape index (κ2) is 10.2. The van der Waals surface area contributed by atoms with Gasteiger partial charge in [-0.05, 0) is 55.0 Å². The monoisotopic (exact) mass is 413 g/mol. The molecule has 0 amide bonds. The fourth-order valence-corrected chi connectivity index (χ4v) is 3.72. The van der Waals surface area contributed by atoms with Crippen LogP contribution < -0.4 is 25.1 Å². The largest absolute Gasteiger partial charge is 0.496 e. The Balaban J connectivity index is 1.67. The minimum absolute atomic E-state index is 0.407. The van der Waals surface area contributed by atoms with E-state index < -0.39 is 0 Å². The number of hydrogen-bond donors (Lipinski definition) is 3. The van der Waals surface area contributed by atoms with Gasteiger partial charge in [0.15, 0.2) is 5.11 Å². The van der Waals surface area contributed by atoms with Crippen molar-refractivity contribution in [3.05, 3.63) is 53.6 Å². The second-order valence-corrected chi connectivity index (χ2v) is 7.53. The predicted molar refractivity (Wildman–Crippen MR) is 121 cm³/mol. The van der Waals surface area contributed by atoms with Gasteiger partial charge in [0.05, 0.1) is 38.7 Å². The normalized spacial score (nSPS) is 14.5. The van der Waals surface area contributed by atoms with Crippen molar-refractivity contribution in [2.24, 2.45) is 5.10 Å². The molecule has 0 aliphatic carbocycles. The molecule has 7 heteroatoms. The molecule has 0 radical (unpaired) electrons. The molecule has 2 aromatic rings. The summed E-state index contributed by atoms with van der Waals surface area (Å²) in [6, 6.07) is 13.8. The Morgan fingerprint density at radius 1 is 1.07 bits per heavy atom. The highest BCUT2D eigenvalue weighted by molar-refractivity contribution is 7.80. The molecule has 3 N–H and O–H groups in total. The number of rotatable bonds is 7. The van der Waals surface area contributed by atoms with E-state index in [1.54, 1.807) is 19.1 Å². The lowest BCUT2D eigenvalue weighted by Crippen LogP contribution is -3.08. The molecule has 0 atom stereocenters. The van der Waals surface area contributed by atoms with Crippen molar-refractivity contribution < 1.29 is 14.4 Å². The summed E-state index contributed by atoms with van der Waals surface area (Å²) in [5.41, 5.74) is 6.83. The number of nitrogens with one attached hydrogen (secondary N) is 3. The number of nitrogens with zero attached hydrogens (tertiary/aromatic N) is 1. The van der Waals surface area contributed by atoms with Gasteiger partial charge in [-0.2, -0.15) is 5.10 Å². The van der Waals surface area contributed by atoms with Gasteiger partial charge in [-0.3, -0.25) is 5.43 Å². The van der Waals surface area contributed by atoms with E-state index in [1.807, 2.05) is 43.3 Å². The molecule has 1 saturated heterocycles. The van der Waals surface area contributed by atoms with Gasteiger partial charge in [0.25, 0.3) is 0 Å². The maximum absolute atomic E-state index is 5.57. The van der Waals surface area contributed by atoms with E-state index in [1.165, 1.54) is 31.5 Å². The van der Waals surface area contributed by atoms with Gasteiger partial charge >= 0.3 is 0 Å². The number of benzene rings is 2. The lowest BCUT2D eigenvalue weighted by atomic mass is 10.1. The predicted octanol–water partition coefficient (Wildman–Crippen LogP) is 2.59. The van der Waals surface area contributed by atoms with Gasteiger partial charge in [0.1, 0.15) is 18.0 Å². The fourth-order valence-electron chi connectivity index (χ4n) is 3.56. The van der Waals surface area contributed by atoms with E-state index >= 15 is 0 Å². The van der Waals surface area contributed by atoms with Gasteiger partial charge in [-0.15, -0.1) is 0 Å². The molecule has 0 saturated carbocycles. The number of anilines is 1. The first-order valence-corrected chi connectivity index (χ1v) is 10.3. The summed E-state index contributed by atoms with van der Waals surface area (Å²) in [6.07, 6.45) is 2.61. The second-order valence-electron chi connectivity index (χ2n) is 7.12. The van der Waals surface area contributed by atoms with Crippen LogP contribution in [-0.2, 0) is 6.54 Å². The van der Waals surface area contributed by atoms with Crippen molar-refractivity contribution in [3.63, 3.8) is 0 Å². The summed E-state index contributed by atoms with van der Waals surface area (Å²) in [4.78, 5) is 1.61. The molecular formula is C22H29N4O2S+. The van der Waals surface area contributed by atoms with Crippen LogP contribution in [0.25, 0.3) is 0 Å². The van der Waals surface area contributed by atoms with Gasteiger partial charge in [-0.1, -0.05) is 12.1 Å². The quantitative estimate of drug-likeness (QED) is 0.370. The SMILES string of the molecule is COc1ccc(/C(C)=N\NC(=S)Nc2ccccc2OC)cc1C[NH+]1CCCC1. The van der Waals surface area contributed by atoms with Crippen LogP contribution in [0.3, 0.4) is 0 Å². The summed E-state index contributed by atoms with van der Waals surface area (Å²) in [5, 5.41) is 7.97. The number of quaternary nitrogens is 1. The summed E-state index contributed by atoms with van der Waals surface area (Å²) in [5.74, 6) is 1.66. The van der Waals surface area contributed by atoms with Crippen molar-refractivity contribution in [3.8, 4) is 11.5 Å². The van der Waals surface area contributed by atoms with Crippen LogP contribution in [0.4, 0.5) is 5.69 Å². The highest BCUT2D eigenvalue weighted by atomic mass is 32.1. The third-order valence-electron chi connectivity index (χ3n) is 5.13. The molecule has 1 fully saturated rings. The van der Waals surface area contributed by atoms with E-state index in [0.29, 0.717) is 5.11 Å².